The monoisotopic (exact) mass is 272 g/mol. The van der Waals surface area contributed by atoms with Crippen LogP contribution in [-0.4, -0.2) is 27.5 Å². The number of pyridine rings is 1. The molecule has 3 heterocycles. The first-order valence-electron chi connectivity index (χ1n) is 7.12. The highest BCUT2D eigenvalue weighted by Crippen LogP contribution is 2.19. The van der Waals surface area contributed by atoms with Crippen LogP contribution in [0.3, 0.4) is 0 Å². The van der Waals surface area contributed by atoms with Gasteiger partial charge in [-0.05, 0) is 37.5 Å². The highest BCUT2D eigenvalue weighted by molar-refractivity contribution is 5.41. The summed E-state index contributed by atoms with van der Waals surface area (Å²) in [5.74, 6) is 0. The molecule has 3 rings (SSSR count). The summed E-state index contributed by atoms with van der Waals surface area (Å²) in [6, 6.07) is 4.28. The van der Waals surface area contributed by atoms with Crippen LogP contribution < -0.4 is 5.32 Å². The van der Waals surface area contributed by atoms with Gasteiger partial charge in [-0.25, -0.2) is 0 Å². The molecule has 0 aromatic carbocycles. The molecule has 0 spiro atoms. The fraction of sp³-hybridized carbons (Fsp3) is 0.467. The molecule has 2 aromatic rings. The highest BCUT2D eigenvalue weighted by atomic mass is 16.5. The molecule has 2 atom stereocenters. The number of anilines is 1. The van der Waals surface area contributed by atoms with Gasteiger partial charge in [0.15, 0.2) is 0 Å². The SMILES string of the molecule is CC(Nc1cnn(CC2CCCO2)c1)c1ccncc1. The minimum Gasteiger partial charge on any atom is -0.376 e. The molecule has 1 N–H and O–H groups in total. The van der Waals surface area contributed by atoms with Gasteiger partial charge < -0.3 is 10.1 Å². The van der Waals surface area contributed by atoms with Gasteiger partial charge in [0.05, 0.1) is 24.5 Å². The first kappa shape index (κ1) is 13.1. The molecule has 1 saturated heterocycles. The minimum absolute atomic E-state index is 0.235. The highest BCUT2D eigenvalue weighted by Gasteiger charge is 2.16. The Morgan fingerprint density at radius 1 is 1.45 bits per heavy atom. The number of nitrogens with zero attached hydrogens (tertiary/aromatic N) is 3. The average Bonchev–Trinajstić information content (AvgIpc) is 3.12. The molecule has 2 aromatic heterocycles. The maximum Gasteiger partial charge on any atom is 0.0771 e. The lowest BCUT2D eigenvalue weighted by molar-refractivity contribution is 0.0940. The molecular weight excluding hydrogens is 252 g/mol. The number of ether oxygens (including phenoxy) is 1. The van der Waals surface area contributed by atoms with Gasteiger partial charge >= 0.3 is 0 Å². The van der Waals surface area contributed by atoms with Crippen molar-refractivity contribution < 1.29 is 4.74 Å². The maximum atomic E-state index is 5.63. The van der Waals surface area contributed by atoms with Gasteiger partial charge in [-0.2, -0.15) is 5.10 Å². The van der Waals surface area contributed by atoms with Crippen molar-refractivity contribution >= 4 is 5.69 Å². The van der Waals surface area contributed by atoms with Gasteiger partial charge in [-0.1, -0.05) is 0 Å². The second-order valence-electron chi connectivity index (χ2n) is 5.23. The van der Waals surface area contributed by atoms with Gasteiger partial charge in [0.1, 0.15) is 0 Å². The number of nitrogens with one attached hydrogen (secondary N) is 1. The third kappa shape index (κ3) is 3.17. The minimum atomic E-state index is 0.235. The second-order valence-corrected chi connectivity index (χ2v) is 5.23. The van der Waals surface area contributed by atoms with Crippen LogP contribution in [-0.2, 0) is 11.3 Å². The third-order valence-corrected chi connectivity index (χ3v) is 3.64. The van der Waals surface area contributed by atoms with Crippen LogP contribution in [0.1, 0.15) is 31.4 Å². The number of aromatic nitrogens is 3. The summed E-state index contributed by atoms with van der Waals surface area (Å²) in [6.45, 7) is 3.86. The predicted octanol–water partition coefficient (Wildman–Crippen LogP) is 2.63. The lowest BCUT2D eigenvalue weighted by Gasteiger charge is -2.13. The third-order valence-electron chi connectivity index (χ3n) is 3.64. The lowest BCUT2D eigenvalue weighted by atomic mass is 10.1. The van der Waals surface area contributed by atoms with Crippen LogP contribution in [0.4, 0.5) is 5.69 Å². The van der Waals surface area contributed by atoms with Crippen LogP contribution >= 0.6 is 0 Å². The van der Waals surface area contributed by atoms with E-state index in [1.54, 1.807) is 0 Å². The fourth-order valence-electron chi connectivity index (χ4n) is 2.52. The normalized spacial score (nSPS) is 19.9. The molecule has 0 radical (unpaired) electrons. The summed E-state index contributed by atoms with van der Waals surface area (Å²) in [5.41, 5.74) is 2.25. The van der Waals surface area contributed by atoms with Crippen molar-refractivity contribution in [1.29, 1.82) is 0 Å². The molecule has 0 amide bonds. The molecule has 5 nitrogen and oxygen atoms in total. The average molecular weight is 272 g/mol. The molecule has 0 bridgehead atoms. The molecule has 1 aliphatic rings. The molecule has 20 heavy (non-hydrogen) atoms. The zero-order chi connectivity index (χ0) is 13.8. The van der Waals surface area contributed by atoms with Crippen molar-refractivity contribution in [3.63, 3.8) is 0 Å². The summed E-state index contributed by atoms with van der Waals surface area (Å²) < 4.78 is 7.58. The summed E-state index contributed by atoms with van der Waals surface area (Å²) in [5, 5.41) is 7.84. The molecule has 1 fully saturated rings. The van der Waals surface area contributed by atoms with Crippen LogP contribution in [0, 0.1) is 0 Å². The Kier molecular flexibility index (Phi) is 3.97. The van der Waals surface area contributed by atoms with Gasteiger partial charge in [-0.15, -0.1) is 0 Å². The van der Waals surface area contributed by atoms with E-state index in [1.165, 1.54) is 5.56 Å². The van der Waals surface area contributed by atoms with Crippen LogP contribution in [0.5, 0.6) is 0 Å². The summed E-state index contributed by atoms with van der Waals surface area (Å²) in [6.07, 6.45) is 10.2. The zero-order valence-electron chi connectivity index (χ0n) is 11.7. The molecule has 106 valence electrons. The van der Waals surface area contributed by atoms with Gasteiger partial charge in [0, 0.05) is 31.2 Å². The van der Waals surface area contributed by atoms with Crippen molar-refractivity contribution in [1.82, 2.24) is 14.8 Å². The number of rotatable bonds is 5. The van der Waals surface area contributed by atoms with Crippen LogP contribution in [0.25, 0.3) is 0 Å². The smallest absolute Gasteiger partial charge is 0.0771 e. The predicted molar refractivity (Wildman–Crippen MR) is 77.5 cm³/mol. The van der Waals surface area contributed by atoms with Crippen molar-refractivity contribution in [2.24, 2.45) is 0 Å². The standard InChI is InChI=1S/C15H20N4O/c1-12(13-4-6-16-7-5-13)18-14-9-17-19(10-14)11-15-3-2-8-20-15/h4-7,9-10,12,15,18H,2-3,8,11H2,1H3. The molecule has 1 aliphatic heterocycles. The van der Waals surface area contributed by atoms with E-state index in [2.05, 4.69) is 22.3 Å². The van der Waals surface area contributed by atoms with Crippen molar-refractivity contribution in [2.75, 3.05) is 11.9 Å². The van der Waals surface area contributed by atoms with E-state index in [0.717, 1.165) is 31.7 Å². The van der Waals surface area contributed by atoms with Gasteiger partial charge in [-0.3, -0.25) is 9.67 Å². The summed E-state index contributed by atoms with van der Waals surface area (Å²) in [7, 11) is 0. The second kappa shape index (κ2) is 6.05. The van der Waals surface area contributed by atoms with E-state index in [-0.39, 0.29) is 6.04 Å². The Morgan fingerprint density at radius 3 is 3.05 bits per heavy atom. The van der Waals surface area contributed by atoms with Crippen LogP contribution in [0.2, 0.25) is 0 Å². The molecule has 5 heteroatoms. The molecule has 2 unspecified atom stereocenters. The quantitative estimate of drug-likeness (QED) is 0.909. The topological polar surface area (TPSA) is 52.0 Å². The Hall–Kier alpha value is -1.88. The molecule has 0 saturated carbocycles. The van der Waals surface area contributed by atoms with Crippen molar-refractivity contribution in [3.8, 4) is 0 Å². The van der Waals surface area contributed by atoms with E-state index in [4.69, 9.17) is 4.74 Å². The number of hydrogen-bond acceptors (Lipinski definition) is 4. The molecular formula is C15H20N4O. The zero-order valence-corrected chi connectivity index (χ0v) is 11.7. The van der Waals surface area contributed by atoms with Gasteiger partial charge in [0.2, 0.25) is 0 Å². The fourth-order valence-corrected chi connectivity index (χ4v) is 2.52. The van der Waals surface area contributed by atoms with Crippen molar-refractivity contribution in [3.05, 3.63) is 42.5 Å². The molecule has 0 aliphatic carbocycles. The maximum absolute atomic E-state index is 5.63. The lowest BCUT2D eigenvalue weighted by Crippen LogP contribution is -2.15. The Morgan fingerprint density at radius 2 is 2.30 bits per heavy atom. The summed E-state index contributed by atoms with van der Waals surface area (Å²) in [4.78, 5) is 4.04. The van der Waals surface area contributed by atoms with Crippen molar-refractivity contribution in [2.45, 2.75) is 38.5 Å². The van der Waals surface area contributed by atoms with E-state index >= 15 is 0 Å². The van der Waals surface area contributed by atoms with E-state index in [1.807, 2.05) is 41.6 Å². The van der Waals surface area contributed by atoms with Crippen LogP contribution in [0.15, 0.2) is 36.9 Å². The Labute approximate surface area is 119 Å². The first-order valence-corrected chi connectivity index (χ1v) is 7.12. The summed E-state index contributed by atoms with van der Waals surface area (Å²) >= 11 is 0. The Balaban J connectivity index is 1.59. The first-order chi connectivity index (χ1) is 9.81. The van der Waals surface area contributed by atoms with E-state index < -0.39 is 0 Å². The largest absolute Gasteiger partial charge is 0.376 e. The Bertz CT molecular complexity index is 534. The van der Waals surface area contributed by atoms with E-state index in [9.17, 15) is 0 Å². The number of hydrogen-bond donors (Lipinski definition) is 1. The van der Waals surface area contributed by atoms with E-state index in [0.29, 0.717) is 6.10 Å². The van der Waals surface area contributed by atoms with Gasteiger partial charge in [0.25, 0.3) is 0 Å².